The van der Waals surface area contributed by atoms with E-state index in [0.717, 1.165) is 31.1 Å². The molecular weight excluding hydrogens is 246 g/mol. The third-order valence-electron chi connectivity index (χ3n) is 5.54. The predicted octanol–water partition coefficient (Wildman–Crippen LogP) is 4.39. The van der Waals surface area contributed by atoms with Gasteiger partial charge in [-0.3, -0.25) is 0 Å². The quantitative estimate of drug-likeness (QED) is 0.779. The lowest BCUT2D eigenvalue weighted by Crippen LogP contribution is -2.41. The van der Waals surface area contributed by atoms with Crippen LogP contribution in [0.4, 0.5) is 0 Å². The van der Waals surface area contributed by atoms with Crippen molar-refractivity contribution >= 4 is 0 Å². The van der Waals surface area contributed by atoms with Crippen LogP contribution in [0.15, 0.2) is 0 Å². The highest BCUT2D eigenvalue weighted by atomic mass is 16.5. The average molecular weight is 281 g/mol. The molecule has 1 N–H and O–H groups in total. The Morgan fingerprint density at radius 2 is 1.75 bits per heavy atom. The topological polar surface area (TPSA) is 21.3 Å². The Morgan fingerprint density at radius 3 is 2.35 bits per heavy atom. The molecule has 0 aromatic rings. The molecular formula is C18H35NO. The zero-order valence-electron chi connectivity index (χ0n) is 13.9. The summed E-state index contributed by atoms with van der Waals surface area (Å²) in [5.41, 5.74) is 0.588. The van der Waals surface area contributed by atoms with Gasteiger partial charge in [-0.2, -0.15) is 0 Å². The summed E-state index contributed by atoms with van der Waals surface area (Å²) in [7, 11) is 0. The summed E-state index contributed by atoms with van der Waals surface area (Å²) in [6.45, 7) is 10.3. The van der Waals surface area contributed by atoms with Gasteiger partial charge in [-0.25, -0.2) is 0 Å². The van der Waals surface area contributed by atoms with Gasteiger partial charge < -0.3 is 10.1 Å². The normalized spacial score (nSPS) is 26.6. The van der Waals surface area contributed by atoms with Crippen LogP contribution in [0.5, 0.6) is 0 Å². The van der Waals surface area contributed by atoms with Crippen LogP contribution in [0.25, 0.3) is 0 Å². The number of nitrogens with one attached hydrogen (secondary N) is 1. The molecule has 2 aliphatic rings. The molecule has 1 aliphatic heterocycles. The van der Waals surface area contributed by atoms with Crippen molar-refractivity contribution in [3.63, 3.8) is 0 Å². The molecule has 1 saturated heterocycles. The fraction of sp³-hybridized carbons (Fsp3) is 1.00. The first-order chi connectivity index (χ1) is 9.61. The third kappa shape index (κ3) is 5.04. The lowest BCUT2D eigenvalue weighted by Gasteiger charge is -2.40. The van der Waals surface area contributed by atoms with Gasteiger partial charge in [-0.15, -0.1) is 0 Å². The van der Waals surface area contributed by atoms with E-state index in [-0.39, 0.29) is 0 Å². The van der Waals surface area contributed by atoms with Crippen molar-refractivity contribution in [1.29, 1.82) is 0 Å². The molecule has 0 spiro atoms. The maximum absolute atomic E-state index is 5.51. The maximum atomic E-state index is 5.51. The Balaban J connectivity index is 1.85. The lowest BCUT2D eigenvalue weighted by atomic mass is 9.70. The monoisotopic (exact) mass is 281 g/mol. The zero-order valence-corrected chi connectivity index (χ0v) is 13.9. The number of hydrogen-bond acceptors (Lipinski definition) is 2. The van der Waals surface area contributed by atoms with Gasteiger partial charge in [0.15, 0.2) is 0 Å². The van der Waals surface area contributed by atoms with E-state index in [4.69, 9.17) is 4.74 Å². The van der Waals surface area contributed by atoms with Crippen molar-refractivity contribution in [2.24, 2.45) is 17.3 Å². The molecule has 0 amide bonds. The maximum Gasteiger partial charge on any atom is 0.0468 e. The van der Waals surface area contributed by atoms with E-state index >= 15 is 0 Å². The fourth-order valence-electron chi connectivity index (χ4n) is 3.94. The molecule has 0 aromatic heterocycles. The van der Waals surface area contributed by atoms with Crippen LogP contribution in [-0.2, 0) is 4.74 Å². The largest absolute Gasteiger partial charge is 0.381 e. The second kappa shape index (κ2) is 7.79. The molecule has 0 radical (unpaired) electrons. The van der Waals surface area contributed by atoms with Crippen LogP contribution in [0.1, 0.15) is 72.1 Å². The van der Waals surface area contributed by atoms with Crippen molar-refractivity contribution < 1.29 is 4.74 Å². The summed E-state index contributed by atoms with van der Waals surface area (Å²) in [4.78, 5) is 0. The molecule has 1 atom stereocenters. The van der Waals surface area contributed by atoms with Crippen LogP contribution in [0.3, 0.4) is 0 Å². The van der Waals surface area contributed by atoms with Crippen molar-refractivity contribution in [2.45, 2.75) is 78.2 Å². The smallest absolute Gasteiger partial charge is 0.0468 e. The third-order valence-corrected chi connectivity index (χ3v) is 5.54. The van der Waals surface area contributed by atoms with Crippen LogP contribution in [0.2, 0.25) is 0 Å². The molecule has 118 valence electrons. The zero-order chi connectivity index (χ0) is 14.4. The molecule has 1 saturated carbocycles. The summed E-state index contributed by atoms with van der Waals surface area (Å²) < 4.78 is 5.51. The highest BCUT2D eigenvalue weighted by molar-refractivity contribution is 4.86. The van der Waals surface area contributed by atoms with E-state index in [9.17, 15) is 0 Å². The molecule has 20 heavy (non-hydrogen) atoms. The van der Waals surface area contributed by atoms with Gasteiger partial charge in [0.2, 0.25) is 0 Å². The summed E-state index contributed by atoms with van der Waals surface area (Å²) in [5.74, 6) is 1.81. The van der Waals surface area contributed by atoms with E-state index in [0.29, 0.717) is 5.41 Å². The number of hydrogen-bond donors (Lipinski definition) is 1. The van der Waals surface area contributed by atoms with Crippen molar-refractivity contribution in [3.8, 4) is 0 Å². The first kappa shape index (κ1) is 16.3. The molecule has 2 heteroatoms. The average Bonchev–Trinajstić information content (AvgIpc) is 2.45. The number of rotatable bonds is 6. The van der Waals surface area contributed by atoms with E-state index in [2.05, 4.69) is 26.1 Å². The van der Waals surface area contributed by atoms with Crippen molar-refractivity contribution in [3.05, 3.63) is 0 Å². The summed E-state index contributed by atoms with van der Waals surface area (Å²) in [6, 6.07) is 0.758. The fourth-order valence-corrected chi connectivity index (χ4v) is 3.94. The highest BCUT2D eigenvalue weighted by Gasteiger charge is 2.32. The molecule has 1 heterocycles. The van der Waals surface area contributed by atoms with E-state index < -0.39 is 0 Å². The lowest BCUT2D eigenvalue weighted by molar-refractivity contribution is 0.0541. The first-order valence-electron chi connectivity index (χ1n) is 8.92. The number of ether oxygens (including phenoxy) is 1. The Kier molecular flexibility index (Phi) is 6.35. The molecule has 2 nitrogen and oxygen atoms in total. The Bertz CT molecular complexity index is 261. The van der Waals surface area contributed by atoms with Gasteiger partial charge in [-0.1, -0.05) is 20.8 Å². The van der Waals surface area contributed by atoms with Gasteiger partial charge in [0.25, 0.3) is 0 Å². The van der Waals surface area contributed by atoms with Gasteiger partial charge in [0.05, 0.1) is 0 Å². The highest BCUT2D eigenvalue weighted by Crippen LogP contribution is 2.40. The molecule has 1 unspecified atom stereocenters. The Hall–Kier alpha value is -0.0800. The molecule has 2 rings (SSSR count). The standard InChI is InChI=1S/C18H35NO/c1-4-11-19-17(14-15-7-12-20-13-8-15)16-5-9-18(2,3)10-6-16/h15-17,19H,4-14H2,1-3H3. The molecule has 0 aromatic carbocycles. The summed E-state index contributed by atoms with van der Waals surface area (Å²) in [5, 5.41) is 3.87. The predicted molar refractivity (Wildman–Crippen MR) is 86.0 cm³/mol. The second-order valence-corrected chi connectivity index (χ2v) is 7.85. The van der Waals surface area contributed by atoms with E-state index in [1.165, 1.54) is 57.9 Å². The summed E-state index contributed by atoms with van der Waals surface area (Å²) in [6.07, 6.45) is 10.9. The van der Waals surface area contributed by atoms with Crippen molar-refractivity contribution in [2.75, 3.05) is 19.8 Å². The minimum Gasteiger partial charge on any atom is -0.381 e. The SMILES string of the molecule is CCCNC(CC1CCOCC1)C1CCC(C)(C)CC1. The van der Waals surface area contributed by atoms with E-state index in [1.807, 2.05) is 0 Å². The second-order valence-electron chi connectivity index (χ2n) is 7.85. The molecule has 2 fully saturated rings. The minimum absolute atomic E-state index is 0.588. The van der Waals surface area contributed by atoms with Gasteiger partial charge >= 0.3 is 0 Å². The van der Waals surface area contributed by atoms with Crippen LogP contribution < -0.4 is 5.32 Å². The van der Waals surface area contributed by atoms with Crippen LogP contribution in [0, 0.1) is 17.3 Å². The van der Waals surface area contributed by atoms with Crippen molar-refractivity contribution in [1.82, 2.24) is 5.32 Å². The Labute approximate surface area is 126 Å². The van der Waals surface area contributed by atoms with Gasteiger partial charge in [0, 0.05) is 19.3 Å². The van der Waals surface area contributed by atoms with Crippen LogP contribution in [-0.4, -0.2) is 25.8 Å². The van der Waals surface area contributed by atoms with Gasteiger partial charge in [0.1, 0.15) is 0 Å². The van der Waals surface area contributed by atoms with Crippen LogP contribution >= 0.6 is 0 Å². The molecule has 1 aliphatic carbocycles. The summed E-state index contributed by atoms with van der Waals surface area (Å²) >= 11 is 0. The minimum atomic E-state index is 0.588. The molecule has 0 bridgehead atoms. The van der Waals surface area contributed by atoms with E-state index in [1.54, 1.807) is 0 Å². The van der Waals surface area contributed by atoms with Gasteiger partial charge in [-0.05, 0) is 75.2 Å². The Morgan fingerprint density at radius 1 is 1.10 bits per heavy atom. The first-order valence-corrected chi connectivity index (χ1v) is 8.92.